The van der Waals surface area contributed by atoms with Crippen LogP contribution in [-0.2, 0) is 9.53 Å². The molecule has 2 atom stereocenters. The number of esters is 1. The largest absolute Gasteiger partial charge is 0.484 e. The first-order chi connectivity index (χ1) is 9.67. The Morgan fingerprint density at radius 3 is 2.67 bits per heavy atom. The minimum atomic E-state index is -1.21. The number of rotatable bonds is 6. The lowest BCUT2D eigenvalue weighted by Crippen LogP contribution is -2.48. The molecule has 7 nitrogen and oxygen atoms in total. The molecule has 0 fully saturated rings. The highest BCUT2D eigenvalue weighted by Gasteiger charge is 2.32. The Kier molecular flexibility index (Phi) is 5.26. The van der Waals surface area contributed by atoms with Gasteiger partial charge in [0.15, 0.2) is 5.75 Å². The maximum Gasteiger partial charge on any atom is 0.325 e. The van der Waals surface area contributed by atoms with Gasteiger partial charge in [-0.15, -0.1) is 0 Å². The second kappa shape index (κ2) is 6.53. The van der Waals surface area contributed by atoms with Gasteiger partial charge in [0.1, 0.15) is 5.54 Å². The fourth-order valence-corrected chi connectivity index (χ4v) is 2.04. The average molecular weight is 296 g/mol. The fourth-order valence-electron chi connectivity index (χ4n) is 2.04. The van der Waals surface area contributed by atoms with E-state index in [1.54, 1.807) is 19.9 Å². The maximum atomic E-state index is 11.5. The molecule has 0 radical (unpaired) electrons. The van der Waals surface area contributed by atoms with Crippen molar-refractivity contribution in [1.82, 2.24) is 0 Å². The first-order valence-corrected chi connectivity index (χ1v) is 6.46. The van der Waals surface area contributed by atoms with Crippen LogP contribution >= 0.6 is 0 Å². The molecule has 0 saturated carbocycles. The second-order valence-corrected chi connectivity index (χ2v) is 5.27. The van der Waals surface area contributed by atoms with E-state index >= 15 is 0 Å². The van der Waals surface area contributed by atoms with E-state index in [4.69, 9.17) is 10.5 Å². The Balaban J connectivity index is 2.87. The molecule has 0 saturated heterocycles. The number of nitro groups is 1. The third-order valence-electron chi connectivity index (χ3n) is 3.00. The predicted octanol–water partition coefficient (Wildman–Crippen LogP) is 1.95. The number of nitrogens with zero attached hydrogens (tertiary/aromatic N) is 1. The van der Waals surface area contributed by atoms with E-state index < -0.39 is 22.5 Å². The molecule has 116 valence electrons. The van der Waals surface area contributed by atoms with Crippen molar-refractivity contribution in [2.75, 3.05) is 7.11 Å². The van der Waals surface area contributed by atoms with E-state index in [-0.39, 0.29) is 17.9 Å². The van der Waals surface area contributed by atoms with E-state index in [1.165, 1.54) is 26.2 Å². The van der Waals surface area contributed by atoms with Gasteiger partial charge in [-0.05, 0) is 32.4 Å². The minimum absolute atomic E-state index is 0.112. The third-order valence-corrected chi connectivity index (χ3v) is 3.00. The Morgan fingerprint density at radius 2 is 2.14 bits per heavy atom. The number of carbonyl (C=O) groups is 1. The molecule has 1 aromatic rings. The zero-order valence-electron chi connectivity index (χ0n) is 12.6. The van der Waals surface area contributed by atoms with Crippen molar-refractivity contribution < 1.29 is 19.2 Å². The molecule has 7 heteroatoms. The average Bonchev–Trinajstić information content (AvgIpc) is 2.38. The van der Waals surface area contributed by atoms with Crippen molar-refractivity contribution in [3.05, 3.63) is 33.9 Å². The number of methoxy groups -OCH3 is 1. The molecular formula is C14H20N2O5. The Hall–Kier alpha value is -2.15. The van der Waals surface area contributed by atoms with Gasteiger partial charge in [0.2, 0.25) is 0 Å². The molecule has 1 aromatic carbocycles. The van der Waals surface area contributed by atoms with Gasteiger partial charge in [-0.3, -0.25) is 14.9 Å². The third kappa shape index (κ3) is 4.42. The van der Waals surface area contributed by atoms with Crippen LogP contribution in [0.1, 0.15) is 25.8 Å². The monoisotopic (exact) mass is 296 g/mol. The summed E-state index contributed by atoms with van der Waals surface area (Å²) in [6.45, 7) is 4.98. The van der Waals surface area contributed by atoms with E-state index in [2.05, 4.69) is 4.74 Å². The van der Waals surface area contributed by atoms with E-state index in [0.717, 1.165) is 5.56 Å². The minimum Gasteiger partial charge on any atom is -0.484 e. The molecule has 0 bridgehead atoms. The summed E-state index contributed by atoms with van der Waals surface area (Å²) in [5, 5.41) is 11.0. The quantitative estimate of drug-likeness (QED) is 0.488. The van der Waals surface area contributed by atoms with Crippen molar-refractivity contribution in [2.45, 2.75) is 38.8 Å². The van der Waals surface area contributed by atoms with Crippen LogP contribution in [-0.4, -0.2) is 29.6 Å². The maximum absolute atomic E-state index is 11.5. The van der Waals surface area contributed by atoms with Crippen LogP contribution in [0, 0.1) is 17.0 Å². The summed E-state index contributed by atoms with van der Waals surface area (Å²) < 4.78 is 10.2. The van der Waals surface area contributed by atoms with Crippen LogP contribution in [0.25, 0.3) is 0 Å². The van der Waals surface area contributed by atoms with Gasteiger partial charge < -0.3 is 15.2 Å². The summed E-state index contributed by atoms with van der Waals surface area (Å²) in [6, 6.07) is 4.69. The molecule has 21 heavy (non-hydrogen) atoms. The van der Waals surface area contributed by atoms with Crippen molar-refractivity contribution in [2.24, 2.45) is 5.73 Å². The van der Waals surface area contributed by atoms with Crippen molar-refractivity contribution in [3.63, 3.8) is 0 Å². The molecule has 0 aromatic heterocycles. The molecule has 0 spiro atoms. The van der Waals surface area contributed by atoms with Gasteiger partial charge in [-0.25, -0.2) is 0 Å². The van der Waals surface area contributed by atoms with E-state index in [1.807, 2.05) is 0 Å². The van der Waals surface area contributed by atoms with E-state index in [0.29, 0.717) is 0 Å². The topological polar surface area (TPSA) is 105 Å². The SMILES string of the molecule is COC(=O)C(C)(N)CC(C)Oc1ccc(C)cc1[N+](=O)[O-]. The summed E-state index contributed by atoms with van der Waals surface area (Å²) in [6.07, 6.45) is -0.314. The summed E-state index contributed by atoms with van der Waals surface area (Å²) in [7, 11) is 1.25. The number of nitro benzene ring substituents is 1. The van der Waals surface area contributed by atoms with Gasteiger partial charge >= 0.3 is 11.7 Å². The van der Waals surface area contributed by atoms with Crippen LogP contribution < -0.4 is 10.5 Å². The molecular weight excluding hydrogens is 276 g/mol. The first-order valence-electron chi connectivity index (χ1n) is 6.46. The Morgan fingerprint density at radius 1 is 1.52 bits per heavy atom. The Bertz CT molecular complexity index is 542. The van der Waals surface area contributed by atoms with Gasteiger partial charge in [-0.1, -0.05) is 6.07 Å². The summed E-state index contributed by atoms with van der Waals surface area (Å²) >= 11 is 0. The number of aryl methyl sites for hydroxylation is 1. The number of nitrogens with two attached hydrogens (primary N) is 1. The molecule has 1 rings (SSSR count). The lowest BCUT2D eigenvalue weighted by Gasteiger charge is -2.25. The van der Waals surface area contributed by atoms with Crippen LogP contribution in [0.4, 0.5) is 5.69 Å². The summed E-state index contributed by atoms with van der Waals surface area (Å²) in [5.41, 5.74) is 5.30. The van der Waals surface area contributed by atoms with Gasteiger partial charge in [0.05, 0.1) is 18.1 Å². The molecule has 0 heterocycles. The molecule has 2 N–H and O–H groups in total. The van der Waals surface area contributed by atoms with Crippen LogP contribution in [0.5, 0.6) is 5.75 Å². The number of carbonyl (C=O) groups excluding carboxylic acids is 1. The van der Waals surface area contributed by atoms with Gasteiger partial charge in [-0.2, -0.15) is 0 Å². The molecule has 0 aliphatic heterocycles. The van der Waals surface area contributed by atoms with Gasteiger partial charge in [0, 0.05) is 12.5 Å². The molecule has 0 amide bonds. The lowest BCUT2D eigenvalue weighted by atomic mass is 9.96. The normalized spacial score (nSPS) is 14.9. The smallest absolute Gasteiger partial charge is 0.325 e. The number of ether oxygens (including phenoxy) is 2. The zero-order valence-corrected chi connectivity index (χ0v) is 12.6. The zero-order chi connectivity index (χ0) is 16.2. The number of hydrogen-bond acceptors (Lipinski definition) is 6. The predicted molar refractivity (Wildman–Crippen MR) is 77.1 cm³/mol. The van der Waals surface area contributed by atoms with Crippen LogP contribution in [0.3, 0.4) is 0 Å². The second-order valence-electron chi connectivity index (χ2n) is 5.27. The highest BCUT2D eigenvalue weighted by atomic mass is 16.6. The summed E-state index contributed by atoms with van der Waals surface area (Å²) in [5.74, 6) is -0.407. The number of benzene rings is 1. The molecule has 2 unspecified atom stereocenters. The lowest BCUT2D eigenvalue weighted by molar-refractivity contribution is -0.386. The first kappa shape index (κ1) is 16.9. The van der Waals surface area contributed by atoms with Gasteiger partial charge in [0.25, 0.3) is 0 Å². The number of hydrogen-bond donors (Lipinski definition) is 1. The summed E-state index contributed by atoms with van der Waals surface area (Å²) in [4.78, 5) is 22.0. The van der Waals surface area contributed by atoms with Crippen molar-refractivity contribution in [1.29, 1.82) is 0 Å². The van der Waals surface area contributed by atoms with Crippen LogP contribution in [0.2, 0.25) is 0 Å². The standard InChI is InChI=1S/C14H20N2O5/c1-9-5-6-12(11(7-9)16(18)19)21-10(2)8-14(3,15)13(17)20-4/h5-7,10H,8,15H2,1-4H3. The van der Waals surface area contributed by atoms with Crippen molar-refractivity contribution >= 4 is 11.7 Å². The highest BCUT2D eigenvalue weighted by Crippen LogP contribution is 2.29. The van der Waals surface area contributed by atoms with Crippen molar-refractivity contribution in [3.8, 4) is 5.75 Å². The molecule has 0 aliphatic carbocycles. The van der Waals surface area contributed by atoms with Crippen LogP contribution in [0.15, 0.2) is 18.2 Å². The molecule has 0 aliphatic rings. The highest BCUT2D eigenvalue weighted by molar-refractivity contribution is 5.79. The fraction of sp³-hybridized carbons (Fsp3) is 0.500. The Labute approximate surface area is 123 Å². The van der Waals surface area contributed by atoms with E-state index in [9.17, 15) is 14.9 Å².